The molecule has 6 heteroatoms. The van der Waals surface area contributed by atoms with Crippen molar-refractivity contribution in [3.05, 3.63) is 12.2 Å². The van der Waals surface area contributed by atoms with Crippen molar-refractivity contribution in [3.8, 4) is 0 Å². The highest BCUT2D eigenvalue weighted by atomic mass is 16.5. The van der Waals surface area contributed by atoms with Crippen LogP contribution in [-0.2, 0) is 23.8 Å². The number of rotatable bonds is 10. The lowest BCUT2D eigenvalue weighted by Crippen LogP contribution is -2.36. The smallest absolute Gasteiger partial charge is 0.331 e. The molecule has 0 aliphatic carbocycles. The van der Waals surface area contributed by atoms with Gasteiger partial charge >= 0.3 is 11.9 Å². The zero-order valence-corrected chi connectivity index (χ0v) is 15.2. The van der Waals surface area contributed by atoms with Crippen LogP contribution in [0.15, 0.2) is 12.2 Å². The van der Waals surface area contributed by atoms with Crippen molar-refractivity contribution in [3.63, 3.8) is 0 Å². The van der Waals surface area contributed by atoms with Gasteiger partial charge in [0.1, 0.15) is 6.10 Å². The number of morpholine rings is 1. The van der Waals surface area contributed by atoms with E-state index in [1.807, 2.05) is 20.8 Å². The summed E-state index contributed by atoms with van der Waals surface area (Å²) >= 11 is 0. The molecule has 0 aromatic rings. The molecule has 6 nitrogen and oxygen atoms in total. The first kappa shape index (κ1) is 20.6. The summed E-state index contributed by atoms with van der Waals surface area (Å²) < 4.78 is 15.6. The predicted octanol–water partition coefficient (Wildman–Crippen LogP) is 2.18. The Morgan fingerprint density at radius 1 is 1.12 bits per heavy atom. The molecule has 0 bridgehead atoms. The van der Waals surface area contributed by atoms with Crippen molar-refractivity contribution in [1.82, 2.24) is 4.90 Å². The Labute approximate surface area is 145 Å². The van der Waals surface area contributed by atoms with Gasteiger partial charge in [-0.2, -0.15) is 0 Å². The fraction of sp³-hybridized carbons (Fsp3) is 0.778. The number of carbonyl (C=O) groups is 2. The minimum Gasteiger partial charge on any atom is -0.463 e. The molecule has 1 heterocycles. The van der Waals surface area contributed by atoms with Gasteiger partial charge in [0.25, 0.3) is 0 Å². The molecule has 0 spiro atoms. The Balaban J connectivity index is 2.08. The van der Waals surface area contributed by atoms with Crippen molar-refractivity contribution in [2.75, 3.05) is 39.5 Å². The van der Waals surface area contributed by atoms with Gasteiger partial charge in [-0.25, -0.2) is 9.59 Å². The Bertz CT molecular complexity index is 404. The third kappa shape index (κ3) is 9.03. The van der Waals surface area contributed by atoms with E-state index < -0.39 is 11.9 Å². The van der Waals surface area contributed by atoms with Crippen LogP contribution in [0.25, 0.3) is 0 Å². The molecule has 0 radical (unpaired) electrons. The zero-order chi connectivity index (χ0) is 17.8. The SMILES string of the molecule is CCC(C)C(C)OC(=O)/C=C/C(=O)OCCCCN1CCOCC1. The molecule has 0 aromatic heterocycles. The number of carbonyl (C=O) groups excluding carboxylic acids is 2. The minimum absolute atomic E-state index is 0.164. The Morgan fingerprint density at radius 3 is 2.46 bits per heavy atom. The lowest BCUT2D eigenvalue weighted by Gasteiger charge is -2.26. The van der Waals surface area contributed by atoms with Crippen LogP contribution >= 0.6 is 0 Å². The van der Waals surface area contributed by atoms with Crippen LogP contribution in [0.1, 0.15) is 40.0 Å². The predicted molar refractivity (Wildman–Crippen MR) is 91.6 cm³/mol. The fourth-order valence-corrected chi connectivity index (χ4v) is 2.29. The molecule has 2 unspecified atom stereocenters. The largest absolute Gasteiger partial charge is 0.463 e. The molecule has 1 aliphatic rings. The Hall–Kier alpha value is -1.40. The van der Waals surface area contributed by atoms with Crippen molar-refractivity contribution in [2.45, 2.75) is 46.1 Å². The van der Waals surface area contributed by atoms with Crippen molar-refractivity contribution < 1.29 is 23.8 Å². The number of hydrogen-bond donors (Lipinski definition) is 0. The van der Waals surface area contributed by atoms with E-state index in [2.05, 4.69) is 4.90 Å². The highest BCUT2D eigenvalue weighted by molar-refractivity contribution is 5.91. The van der Waals surface area contributed by atoms with Gasteiger partial charge in [-0.05, 0) is 32.2 Å². The van der Waals surface area contributed by atoms with E-state index in [4.69, 9.17) is 14.2 Å². The van der Waals surface area contributed by atoms with Gasteiger partial charge in [0.05, 0.1) is 19.8 Å². The summed E-state index contributed by atoms with van der Waals surface area (Å²) in [7, 11) is 0. The summed E-state index contributed by atoms with van der Waals surface area (Å²) in [5, 5.41) is 0. The maximum atomic E-state index is 11.6. The van der Waals surface area contributed by atoms with Crippen LogP contribution < -0.4 is 0 Å². The highest BCUT2D eigenvalue weighted by Crippen LogP contribution is 2.10. The second kappa shape index (κ2) is 12.0. The van der Waals surface area contributed by atoms with Crippen LogP contribution in [0.4, 0.5) is 0 Å². The summed E-state index contributed by atoms with van der Waals surface area (Å²) in [6.07, 6.45) is 4.83. The lowest BCUT2D eigenvalue weighted by atomic mass is 10.0. The maximum absolute atomic E-state index is 11.6. The van der Waals surface area contributed by atoms with Crippen LogP contribution in [-0.4, -0.2) is 62.4 Å². The van der Waals surface area contributed by atoms with E-state index in [1.54, 1.807) is 0 Å². The molecule has 1 fully saturated rings. The molecule has 1 saturated heterocycles. The summed E-state index contributed by atoms with van der Waals surface area (Å²) in [5.74, 6) is -0.720. The molecule has 0 amide bonds. The summed E-state index contributed by atoms with van der Waals surface area (Å²) in [6, 6.07) is 0. The molecule has 0 N–H and O–H groups in total. The van der Waals surface area contributed by atoms with Crippen LogP contribution in [0.2, 0.25) is 0 Å². The topological polar surface area (TPSA) is 65.1 Å². The van der Waals surface area contributed by atoms with Crippen LogP contribution in [0, 0.1) is 5.92 Å². The number of hydrogen-bond acceptors (Lipinski definition) is 6. The van der Waals surface area contributed by atoms with Gasteiger partial charge in [0, 0.05) is 25.2 Å². The molecule has 0 aromatic carbocycles. The van der Waals surface area contributed by atoms with Crippen LogP contribution in [0.3, 0.4) is 0 Å². The Morgan fingerprint density at radius 2 is 1.79 bits per heavy atom. The Kier molecular flexibility index (Phi) is 10.4. The van der Waals surface area contributed by atoms with E-state index >= 15 is 0 Å². The van der Waals surface area contributed by atoms with Gasteiger partial charge in [0.2, 0.25) is 0 Å². The van der Waals surface area contributed by atoms with Gasteiger partial charge in [-0.3, -0.25) is 4.90 Å². The number of nitrogens with zero attached hydrogens (tertiary/aromatic N) is 1. The average Bonchev–Trinajstić information content (AvgIpc) is 2.59. The molecule has 2 atom stereocenters. The number of ether oxygens (including phenoxy) is 3. The lowest BCUT2D eigenvalue weighted by molar-refractivity contribution is -0.145. The quantitative estimate of drug-likeness (QED) is 0.345. The number of esters is 2. The van der Waals surface area contributed by atoms with Crippen molar-refractivity contribution in [2.24, 2.45) is 5.92 Å². The van der Waals surface area contributed by atoms with E-state index in [9.17, 15) is 9.59 Å². The molecular weight excluding hydrogens is 310 g/mol. The van der Waals surface area contributed by atoms with Gasteiger partial charge in [-0.15, -0.1) is 0 Å². The molecule has 24 heavy (non-hydrogen) atoms. The first-order valence-electron chi connectivity index (χ1n) is 8.88. The summed E-state index contributed by atoms with van der Waals surface area (Å²) in [4.78, 5) is 25.5. The second-order valence-corrected chi connectivity index (χ2v) is 6.19. The van der Waals surface area contributed by atoms with Gasteiger partial charge < -0.3 is 14.2 Å². The first-order chi connectivity index (χ1) is 11.5. The molecule has 0 saturated carbocycles. The molecule has 138 valence electrons. The van der Waals surface area contributed by atoms with E-state index in [0.717, 1.165) is 64.3 Å². The van der Waals surface area contributed by atoms with Crippen LogP contribution in [0.5, 0.6) is 0 Å². The molecule has 1 rings (SSSR count). The minimum atomic E-state index is -0.507. The normalized spacial score (nSPS) is 18.3. The van der Waals surface area contributed by atoms with Crippen molar-refractivity contribution in [1.29, 1.82) is 0 Å². The van der Waals surface area contributed by atoms with E-state index in [0.29, 0.717) is 12.5 Å². The first-order valence-corrected chi connectivity index (χ1v) is 8.88. The average molecular weight is 341 g/mol. The second-order valence-electron chi connectivity index (χ2n) is 6.19. The number of unbranched alkanes of at least 4 members (excludes halogenated alkanes) is 1. The van der Waals surface area contributed by atoms with E-state index in [1.165, 1.54) is 0 Å². The highest BCUT2D eigenvalue weighted by Gasteiger charge is 2.14. The summed E-state index contributed by atoms with van der Waals surface area (Å²) in [5.41, 5.74) is 0. The zero-order valence-electron chi connectivity index (χ0n) is 15.2. The van der Waals surface area contributed by atoms with Gasteiger partial charge in [-0.1, -0.05) is 20.3 Å². The van der Waals surface area contributed by atoms with Gasteiger partial charge in [0.15, 0.2) is 0 Å². The van der Waals surface area contributed by atoms with E-state index in [-0.39, 0.29) is 6.10 Å². The monoisotopic (exact) mass is 341 g/mol. The molecule has 1 aliphatic heterocycles. The third-order valence-electron chi connectivity index (χ3n) is 4.32. The summed E-state index contributed by atoms with van der Waals surface area (Å²) in [6.45, 7) is 10.8. The standard InChI is InChI=1S/C18H31NO5/c1-4-15(2)16(3)24-18(21)8-7-17(20)23-12-6-5-9-19-10-13-22-14-11-19/h7-8,15-16H,4-6,9-14H2,1-3H3/b8-7+. The molecular formula is C18H31NO5. The maximum Gasteiger partial charge on any atom is 0.331 e. The fourth-order valence-electron chi connectivity index (χ4n) is 2.29. The third-order valence-corrected chi connectivity index (χ3v) is 4.32. The van der Waals surface area contributed by atoms with Crippen molar-refractivity contribution >= 4 is 11.9 Å².